The Bertz CT molecular complexity index is 1740. The van der Waals surface area contributed by atoms with Crippen LogP contribution in [0.4, 0.5) is 18.9 Å². The number of hydrogen-bond acceptors (Lipinski definition) is 8. The number of nitriles is 1. The van der Waals surface area contributed by atoms with Gasteiger partial charge in [-0.05, 0) is 66.8 Å². The van der Waals surface area contributed by atoms with Crippen LogP contribution < -0.4 is 10.6 Å². The monoisotopic (exact) mass is 626 g/mol. The minimum Gasteiger partial charge on any atom is -0.352 e. The number of aryl methyl sites for hydroxylation is 1. The first-order valence-corrected chi connectivity index (χ1v) is 14.1. The summed E-state index contributed by atoms with van der Waals surface area (Å²) in [5.41, 5.74) is 1.02. The maximum Gasteiger partial charge on any atom is 0.455 e. The average molecular weight is 627 g/mol. The van der Waals surface area contributed by atoms with Crippen molar-refractivity contribution in [1.82, 2.24) is 40.3 Å². The van der Waals surface area contributed by atoms with Gasteiger partial charge >= 0.3 is 6.18 Å². The molecule has 12 nitrogen and oxygen atoms in total. The Labute approximate surface area is 254 Å². The van der Waals surface area contributed by atoms with Crippen LogP contribution in [0.3, 0.4) is 0 Å². The Morgan fingerprint density at radius 2 is 1.91 bits per heavy atom. The highest BCUT2D eigenvalue weighted by Gasteiger charge is 2.37. The molecule has 228 valence electrons. The van der Waals surface area contributed by atoms with Gasteiger partial charge in [0.2, 0.25) is 0 Å². The van der Waals surface area contributed by atoms with E-state index in [0.717, 1.165) is 30.4 Å². The highest BCUT2D eigenvalue weighted by atomic mass is 35.5. The van der Waals surface area contributed by atoms with Crippen molar-refractivity contribution in [1.29, 1.82) is 5.26 Å². The van der Waals surface area contributed by atoms with E-state index in [0.29, 0.717) is 22.8 Å². The Hall–Kier alpha value is -4.84. The number of hydrogen-bond donors (Lipinski definition) is 2. The third-order valence-corrected chi connectivity index (χ3v) is 7.46. The predicted octanol–water partition coefficient (Wildman–Crippen LogP) is 4.72. The Kier molecular flexibility index (Phi) is 8.91. The van der Waals surface area contributed by atoms with Crippen molar-refractivity contribution in [3.05, 3.63) is 75.5 Å². The molecule has 4 aromatic rings. The van der Waals surface area contributed by atoms with E-state index < -0.39 is 23.8 Å². The molecular formula is C28H26ClF3N10O2. The predicted molar refractivity (Wildman–Crippen MR) is 151 cm³/mol. The lowest BCUT2D eigenvalue weighted by atomic mass is 9.89. The van der Waals surface area contributed by atoms with E-state index in [9.17, 15) is 28.0 Å². The SMILES string of the molecule is Cc1cc(C#N)cc(C(=O)NCC2CCCCC2)c1NC(=O)c1cc(Cn2nnc(C(F)(F)F)n2)nn1-c1ncccc1Cl. The zero-order chi connectivity index (χ0) is 31.4. The van der Waals surface area contributed by atoms with E-state index in [4.69, 9.17) is 11.6 Å². The fourth-order valence-electron chi connectivity index (χ4n) is 5.03. The minimum atomic E-state index is -4.79. The number of carbonyl (C=O) groups is 2. The quantitative estimate of drug-likeness (QED) is 0.285. The Balaban J connectivity index is 1.47. The van der Waals surface area contributed by atoms with Crippen molar-refractivity contribution >= 4 is 29.1 Å². The van der Waals surface area contributed by atoms with Gasteiger partial charge in [-0.1, -0.05) is 30.9 Å². The highest BCUT2D eigenvalue weighted by molar-refractivity contribution is 6.32. The van der Waals surface area contributed by atoms with Crippen LogP contribution in [0.25, 0.3) is 5.82 Å². The number of amides is 2. The van der Waals surface area contributed by atoms with Crippen LogP contribution in [0.1, 0.15) is 75.6 Å². The molecule has 3 aromatic heterocycles. The number of nitrogens with one attached hydrogen (secondary N) is 2. The zero-order valence-electron chi connectivity index (χ0n) is 23.4. The Morgan fingerprint density at radius 1 is 1.14 bits per heavy atom. The molecule has 2 N–H and O–H groups in total. The summed E-state index contributed by atoms with van der Waals surface area (Å²) in [7, 11) is 0. The van der Waals surface area contributed by atoms with Crippen LogP contribution in [0.2, 0.25) is 5.02 Å². The molecule has 5 rings (SSSR count). The largest absolute Gasteiger partial charge is 0.455 e. The number of pyridine rings is 1. The molecule has 2 amide bonds. The number of anilines is 1. The summed E-state index contributed by atoms with van der Waals surface area (Å²) in [4.78, 5) is 32.0. The molecule has 16 heteroatoms. The zero-order valence-corrected chi connectivity index (χ0v) is 24.2. The molecule has 0 saturated heterocycles. The first-order chi connectivity index (χ1) is 21.0. The molecule has 0 bridgehead atoms. The second-order valence-electron chi connectivity index (χ2n) is 10.4. The molecule has 1 fully saturated rings. The van der Waals surface area contributed by atoms with E-state index in [1.807, 2.05) is 6.07 Å². The van der Waals surface area contributed by atoms with Crippen LogP contribution in [0, 0.1) is 24.2 Å². The molecule has 1 aliphatic carbocycles. The van der Waals surface area contributed by atoms with Crippen LogP contribution in [-0.2, 0) is 12.7 Å². The van der Waals surface area contributed by atoms with E-state index in [1.165, 1.54) is 30.8 Å². The lowest BCUT2D eigenvalue weighted by Crippen LogP contribution is -2.31. The molecule has 3 heterocycles. The minimum absolute atomic E-state index is 0.0788. The van der Waals surface area contributed by atoms with Crippen molar-refractivity contribution in [3.8, 4) is 11.9 Å². The summed E-state index contributed by atoms with van der Waals surface area (Å²) in [6, 6.07) is 9.41. The molecule has 1 aliphatic rings. The van der Waals surface area contributed by atoms with Gasteiger partial charge in [0.05, 0.1) is 33.6 Å². The summed E-state index contributed by atoms with van der Waals surface area (Å²) in [6.45, 7) is 1.77. The van der Waals surface area contributed by atoms with Gasteiger partial charge in [-0.25, -0.2) is 9.67 Å². The topological polar surface area (TPSA) is 156 Å². The van der Waals surface area contributed by atoms with Gasteiger partial charge in [0.15, 0.2) is 5.82 Å². The molecule has 0 unspecified atom stereocenters. The van der Waals surface area contributed by atoms with Gasteiger partial charge in [0.1, 0.15) is 12.2 Å². The van der Waals surface area contributed by atoms with E-state index in [-0.39, 0.29) is 45.6 Å². The molecule has 1 saturated carbocycles. The standard InChI is InChI=1S/C28H26ClF3N10O2/c1-16-10-18(13-33)11-20(25(43)35-14-17-6-3-2-4-7-17)23(16)36-26(44)22-12-19(15-41-39-27(37-40-41)28(30,31)32)38-42(22)24-21(29)8-5-9-34-24/h5,8-12,17H,2-4,6-7,14-15H2,1H3,(H,35,43)(H,36,44). The maximum atomic E-state index is 13.8. The van der Waals surface area contributed by atoms with Crippen LogP contribution in [-0.4, -0.2) is 53.3 Å². The number of tetrazole rings is 1. The maximum absolute atomic E-state index is 13.8. The molecule has 0 aliphatic heterocycles. The van der Waals surface area contributed by atoms with Crippen molar-refractivity contribution in [2.24, 2.45) is 5.92 Å². The van der Waals surface area contributed by atoms with Crippen molar-refractivity contribution in [2.75, 3.05) is 11.9 Å². The molecular weight excluding hydrogens is 601 g/mol. The van der Waals surface area contributed by atoms with Crippen LogP contribution in [0.5, 0.6) is 0 Å². The summed E-state index contributed by atoms with van der Waals surface area (Å²) < 4.78 is 40.1. The molecule has 0 radical (unpaired) electrons. The normalized spacial score (nSPS) is 13.8. The number of nitrogens with zero attached hydrogens (tertiary/aromatic N) is 8. The van der Waals surface area contributed by atoms with Crippen LogP contribution in [0.15, 0.2) is 36.5 Å². The second kappa shape index (κ2) is 12.8. The number of alkyl halides is 3. The van der Waals surface area contributed by atoms with Gasteiger partial charge in [-0.3, -0.25) is 9.59 Å². The second-order valence-corrected chi connectivity index (χ2v) is 10.8. The van der Waals surface area contributed by atoms with Gasteiger partial charge in [-0.2, -0.15) is 28.3 Å². The smallest absolute Gasteiger partial charge is 0.352 e. The summed E-state index contributed by atoms with van der Waals surface area (Å²) in [5, 5.41) is 29.5. The van der Waals surface area contributed by atoms with Crippen molar-refractivity contribution in [2.45, 2.75) is 51.7 Å². The fourth-order valence-corrected chi connectivity index (χ4v) is 5.23. The first-order valence-electron chi connectivity index (χ1n) is 13.7. The van der Waals surface area contributed by atoms with Crippen molar-refractivity contribution < 1.29 is 22.8 Å². The van der Waals surface area contributed by atoms with Gasteiger partial charge in [0, 0.05) is 12.7 Å². The number of benzene rings is 1. The summed E-state index contributed by atoms with van der Waals surface area (Å²) >= 11 is 6.34. The van der Waals surface area contributed by atoms with Gasteiger partial charge < -0.3 is 10.6 Å². The molecule has 0 atom stereocenters. The number of aromatic nitrogens is 7. The van der Waals surface area contributed by atoms with Crippen molar-refractivity contribution in [3.63, 3.8) is 0 Å². The lowest BCUT2D eigenvalue weighted by Gasteiger charge is -2.22. The van der Waals surface area contributed by atoms with Gasteiger partial charge in [0.25, 0.3) is 17.6 Å². The molecule has 1 aromatic carbocycles. The number of carbonyl (C=O) groups excluding carboxylic acids is 2. The lowest BCUT2D eigenvalue weighted by molar-refractivity contribution is -0.145. The summed E-state index contributed by atoms with van der Waals surface area (Å²) in [5.74, 6) is -2.15. The van der Waals surface area contributed by atoms with Gasteiger partial charge in [-0.15, -0.1) is 10.2 Å². The number of halogens is 4. The Morgan fingerprint density at radius 3 is 2.59 bits per heavy atom. The molecule has 0 spiro atoms. The third-order valence-electron chi connectivity index (χ3n) is 7.17. The van der Waals surface area contributed by atoms with E-state index >= 15 is 0 Å². The molecule has 44 heavy (non-hydrogen) atoms. The third kappa shape index (κ3) is 6.86. The van der Waals surface area contributed by atoms with E-state index in [1.54, 1.807) is 19.1 Å². The first kappa shape index (κ1) is 30.6. The highest BCUT2D eigenvalue weighted by Crippen LogP contribution is 2.28. The number of rotatable bonds is 8. The summed E-state index contributed by atoms with van der Waals surface area (Å²) in [6.07, 6.45) is 2.07. The van der Waals surface area contributed by atoms with E-state index in [2.05, 4.69) is 36.1 Å². The average Bonchev–Trinajstić information content (AvgIpc) is 3.65. The fraction of sp³-hybridized carbons (Fsp3) is 0.357. The van der Waals surface area contributed by atoms with Crippen LogP contribution >= 0.6 is 11.6 Å².